The first-order valence-corrected chi connectivity index (χ1v) is 6.89. The van der Waals surface area contributed by atoms with Crippen molar-refractivity contribution in [3.8, 4) is 11.1 Å². The van der Waals surface area contributed by atoms with Crippen molar-refractivity contribution in [3.05, 3.63) is 59.7 Å². The third kappa shape index (κ3) is 5.18. The number of aryl methyl sites for hydroxylation is 2. The fraction of sp³-hybridized carbons (Fsp3) is 0.333. The molecule has 0 bridgehead atoms. The summed E-state index contributed by atoms with van der Waals surface area (Å²) in [4.78, 5) is 0. The zero-order chi connectivity index (χ0) is 14.0. The SMILES string of the molecule is CC.CC.Cc1cc(C)cc(-c2ccccc2)c1. The van der Waals surface area contributed by atoms with Crippen LogP contribution in [0.2, 0.25) is 0 Å². The molecule has 0 heterocycles. The summed E-state index contributed by atoms with van der Waals surface area (Å²) in [5.41, 5.74) is 5.25. The molecular formula is C18H26. The molecule has 0 atom stereocenters. The standard InChI is InChI=1S/C14H14.2C2H6/c1-11-8-12(2)10-14(9-11)13-6-4-3-5-7-13;2*1-2/h3-10H,1-2H3;2*1-2H3. The summed E-state index contributed by atoms with van der Waals surface area (Å²) in [6, 6.07) is 17.1. The van der Waals surface area contributed by atoms with E-state index in [1.165, 1.54) is 22.3 Å². The van der Waals surface area contributed by atoms with Gasteiger partial charge in [-0.2, -0.15) is 0 Å². The molecule has 0 aliphatic heterocycles. The lowest BCUT2D eigenvalue weighted by molar-refractivity contribution is 1.38. The summed E-state index contributed by atoms with van der Waals surface area (Å²) in [5, 5.41) is 0. The molecule has 0 heteroatoms. The average molecular weight is 242 g/mol. The van der Waals surface area contributed by atoms with Gasteiger partial charge in [-0.25, -0.2) is 0 Å². The molecule has 0 aromatic heterocycles. The normalized spacial score (nSPS) is 8.56. The van der Waals surface area contributed by atoms with Crippen molar-refractivity contribution in [1.29, 1.82) is 0 Å². The van der Waals surface area contributed by atoms with Gasteiger partial charge in [0.15, 0.2) is 0 Å². The Morgan fingerprint density at radius 1 is 0.556 bits per heavy atom. The fourth-order valence-corrected chi connectivity index (χ4v) is 1.77. The van der Waals surface area contributed by atoms with Crippen LogP contribution in [0.1, 0.15) is 38.8 Å². The minimum absolute atomic E-state index is 1.29. The van der Waals surface area contributed by atoms with E-state index in [9.17, 15) is 0 Å². The first-order valence-electron chi connectivity index (χ1n) is 6.89. The minimum atomic E-state index is 1.29. The van der Waals surface area contributed by atoms with Crippen LogP contribution in [0.15, 0.2) is 48.5 Å². The van der Waals surface area contributed by atoms with Gasteiger partial charge in [0, 0.05) is 0 Å². The van der Waals surface area contributed by atoms with Gasteiger partial charge < -0.3 is 0 Å². The van der Waals surface area contributed by atoms with Gasteiger partial charge in [0.05, 0.1) is 0 Å². The molecule has 0 saturated carbocycles. The van der Waals surface area contributed by atoms with E-state index in [4.69, 9.17) is 0 Å². The predicted molar refractivity (Wildman–Crippen MR) is 84.0 cm³/mol. The largest absolute Gasteiger partial charge is 0.0683 e. The molecule has 0 amide bonds. The highest BCUT2D eigenvalue weighted by Gasteiger charge is 1.97. The maximum atomic E-state index is 2.22. The summed E-state index contributed by atoms with van der Waals surface area (Å²) >= 11 is 0. The molecule has 2 aromatic rings. The van der Waals surface area contributed by atoms with Crippen molar-refractivity contribution < 1.29 is 0 Å². The molecular weight excluding hydrogens is 216 g/mol. The molecule has 0 N–H and O–H groups in total. The van der Waals surface area contributed by atoms with E-state index in [2.05, 4.69) is 56.3 Å². The van der Waals surface area contributed by atoms with Gasteiger partial charge in [0.1, 0.15) is 0 Å². The average Bonchev–Trinajstić information content (AvgIpc) is 2.43. The number of hydrogen-bond donors (Lipinski definition) is 0. The van der Waals surface area contributed by atoms with Gasteiger partial charge in [0.25, 0.3) is 0 Å². The Morgan fingerprint density at radius 3 is 1.44 bits per heavy atom. The summed E-state index contributed by atoms with van der Waals surface area (Å²) in [5.74, 6) is 0. The fourth-order valence-electron chi connectivity index (χ4n) is 1.77. The van der Waals surface area contributed by atoms with Crippen LogP contribution in [0.5, 0.6) is 0 Å². The Balaban J connectivity index is 0.000000659. The number of rotatable bonds is 1. The van der Waals surface area contributed by atoms with Crippen LogP contribution < -0.4 is 0 Å². The lowest BCUT2D eigenvalue weighted by Crippen LogP contribution is -1.81. The van der Waals surface area contributed by atoms with Crippen molar-refractivity contribution in [1.82, 2.24) is 0 Å². The third-order valence-electron chi connectivity index (χ3n) is 2.33. The Labute approximate surface area is 113 Å². The zero-order valence-corrected chi connectivity index (χ0v) is 12.6. The maximum absolute atomic E-state index is 2.22. The summed E-state index contributed by atoms with van der Waals surface area (Å²) in [7, 11) is 0. The van der Waals surface area contributed by atoms with E-state index in [1.54, 1.807) is 0 Å². The monoisotopic (exact) mass is 242 g/mol. The van der Waals surface area contributed by atoms with Gasteiger partial charge >= 0.3 is 0 Å². The first kappa shape index (κ1) is 16.4. The van der Waals surface area contributed by atoms with E-state index in [0.29, 0.717) is 0 Å². The number of benzene rings is 2. The van der Waals surface area contributed by atoms with Gasteiger partial charge in [-0.3, -0.25) is 0 Å². The molecule has 0 radical (unpaired) electrons. The Kier molecular flexibility index (Phi) is 8.65. The topological polar surface area (TPSA) is 0 Å². The van der Waals surface area contributed by atoms with E-state index >= 15 is 0 Å². The lowest BCUT2D eigenvalue weighted by Gasteiger charge is -2.04. The molecule has 2 rings (SSSR count). The highest BCUT2D eigenvalue weighted by atomic mass is 14.0. The highest BCUT2D eigenvalue weighted by Crippen LogP contribution is 2.21. The van der Waals surface area contributed by atoms with E-state index in [-0.39, 0.29) is 0 Å². The van der Waals surface area contributed by atoms with Crippen LogP contribution in [0.4, 0.5) is 0 Å². The quantitative estimate of drug-likeness (QED) is 0.573. The molecule has 98 valence electrons. The van der Waals surface area contributed by atoms with Crippen molar-refractivity contribution in [2.75, 3.05) is 0 Å². The predicted octanol–water partition coefficient (Wildman–Crippen LogP) is 6.02. The third-order valence-corrected chi connectivity index (χ3v) is 2.33. The first-order chi connectivity index (χ1) is 8.75. The van der Waals surface area contributed by atoms with Crippen LogP contribution in [0.25, 0.3) is 11.1 Å². The van der Waals surface area contributed by atoms with Crippen LogP contribution in [-0.4, -0.2) is 0 Å². The molecule has 0 spiro atoms. The maximum Gasteiger partial charge on any atom is -0.0179 e. The molecule has 0 nitrogen and oxygen atoms in total. The summed E-state index contributed by atoms with van der Waals surface area (Å²) in [6.45, 7) is 12.3. The van der Waals surface area contributed by atoms with Gasteiger partial charge in [-0.1, -0.05) is 87.4 Å². The minimum Gasteiger partial charge on any atom is -0.0683 e. The zero-order valence-electron chi connectivity index (χ0n) is 12.6. The summed E-state index contributed by atoms with van der Waals surface area (Å²) < 4.78 is 0. The van der Waals surface area contributed by atoms with E-state index in [0.717, 1.165) is 0 Å². The van der Waals surface area contributed by atoms with Gasteiger partial charge in [0.2, 0.25) is 0 Å². The Bertz CT molecular complexity index is 407. The molecule has 0 saturated heterocycles. The second-order valence-electron chi connectivity index (χ2n) is 3.74. The van der Waals surface area contributed by atoms with Gasteiger partial charge in [-0.15, -0.1) is 0 Å². The summed E-state index contributed by atoms with van der Waals surface area (Å²) in [6.07, 6.45) is 0. The lowest BCUT2D eigenvalue weighted by atomic mass is 10.0. The molecule has 0 aliphatic rings. The van der Waals surface area contributed by atoms with Crippen molar-refractivity contribution >= 4 is 0 Å². The highest BCUT2D eigenvalue weighted by molar-refractivity contribution is 5.64. The second kappa shape index (κ2) is 9.47. The van der Waals surface area contributed by atoms with Crippen LogP contribution in [0.3, 0.4) is 0 Å². The van der Waals surface area contributed by atoms with E-state index in [1.807, 2.05) is 33.8 Å². The molecule has 0 unspecified atom stereocenters. The van der Waals surface area contributed by atoms with Crippen LogP contribution in [-0.2, 0) is 0 Å². The smallest absolute Gasteiger partial charge is 0.0179 e. The molecule has 18 heavy (non-hydrogen) atoms. The molecule has 0 aliphatic carbocycles. The Morgan fingerprint density at radius 2 is 1.00 bits per heavy atom. The van der Waals surface area contributed by atoms with E-state index < -0.39 is 0 Å². The molecule has 0 fully saturated rings. The van der Waals surface area contributed by atoms with Crippen LogP contribution in [0, 0.1) is 13.8 Å². The number of hydrogen-bond acceptors (Lipinski definition) is 0. The Hall–Kier alpha value is -1.56. The van der Waals surface area contributed by atoms with Crippen molar-refractivity contribution in [3.63, 3.8) is 0 Å². The van der Waals surface area contributed by atoms with Crippen molar-refractivity contribution in [2.24, 2.45) is 0 Å². The van der Waals surface area contributed by atoms with Gasteiger partial charge in [-0.05, 0) is 25.0 Å². The molecule has 2 aromatic carbocycles. The van der Waals surface area contributed by atoms with Crippen molar-refractivity contribution in [2.45, 2.75) is 41.5 Å². The second-order valence-corrected chi connectivity index (χ2v) is 3.74. The van der Waals surface area contributed by atoms with Crippen LogP contribution >= 0.6 is 0 Å².